The zero-order valence-electron chi connectivity index (χ0n) is 19.5. The summed E-state index contributed by atoms with van der Waals surface area (Å²) in [6, 6.07) is 18.8. The molecule has 0 saturated carbocycles. The first kappa shape index (κ1) is 22.0. The summed E-state index contributed by atoms with van der Waals surface area (Å²) < 4.78 is 0. The highest BCUT2D eigenvalue weighted by atomic mass is 16.6. The number of benzene rings is 3. The van der Waals surface area contributed by atoms with Crippen LogP contribution >= 0.6 is 0 Å². The molecular weight excluding hydrogens is 428 g/mol. The van der Waals surface area contributed by atoms with E-state index in [1.54, 1.807) is 19.1 Å². The van der Waals surface area contributed by atoms with Gasteiger partial charge in [0.15, 0.2) is 5.78 Å². The molecule has 1 aliphatic heterocycles. The van der Waals surface area contributed by atoms with Crippen molar-refractivity contribution in [3.05, 3.63) is 93.2 Å². The SMILES string of the molecule is Cc1ccc(N2C(=O)CC(c3cccc4ccccc34)C3=C2CC(C)(C)CC3=O)c([N+](=O)[O-])c1. The van der Waals surface area contributed by atoms with Gasteiger partial charge in [-0.1, -0.05) is 62.4 Å². The van der Waals surface area contributed by atoms with E-state index in [1.165, 1.54) is 11.0 Å². The zero-order chi connectivity index (χ0) is 24.2. The number of anilines is 1. The van der Waals surface area contributed by atoms with E-state index in [9.17, 15) is 19.7 Å². The molecule has 0 saturated heterocycles. The Morgan fingerprint density at radius 3 is 2.50 bits per heavy atom. The lowest BCUT2D eigenvalue weighted by atomic mass is 9.69. The standard InChI is InChI=1S/C28H26N2O4/c1-17-11-12-22(23(13-17)30(33)34)29-24-15-28(2,3)16-25(31)27(24)21(14-26(29)32)20-10-6-8-18-7-4-5-9-19(18)20/h4-13,21H,14-16H2,1-3H3. The molecule has 1 unspecified atom stereocenters. The normalized spacial score (nSPS) is 20.0. The Morgan fingerprint density at radius 1 is 1.00 bits per heavy atom. The van der Waals surface area contributed by atoms with Gasteiger partial charge >= 0.3 is 0 Å². The number of aryl methyl sites for hydroxylation is 1. The van der Waals surface area contributed by atoms with Gasteiger partial charge in [-0.15, -0.1) is 0 Å². The van der Waals surface area contributed by atoms with Crippen LogP contribution in [0.15, 0.2) is 71.9 Å². The molecule has 3 aromatic rings. The Bertz CT molecular complexity index is 1400. The lowest BCUT2D eigenvalue weighted by molar-refractivity contribution is -0.384. The largest absolute Gasteiger partial charge is 0.294 e. The molecule has 1 aliphatic carbocycles. The van der Waals surface area contributed by atoms with Gasteiger partial charge in [-0.05, 0) is 46.7 Å². The quantitative estimate of drug-likeness (QED) is 0.348. The molecule has 3 aromatic carbocycles. The second kappa shape index (κ2) is 7.90. The highest BCUT2D eigenvalue weighted by Crippen LogP contribution is 2.50. The molecule has 0 bridgehead atoms. The van der Waals surface area contributed by atoms with E-state index >= 15 is 0 Å². The summed E-state index contributed by atoms with van der Waals surface area (Å²) in [5.41, 5.74) is 2.66. The highest BCUT2D eigenvalue weighted by Gasteiger charge is 2.45. The maximum atomic E-state index is 13.7. The van der Waals surface area contributed by atoms with Gasteiger partial charge in [0.2, 0.25) is 5.91 Å². The fraction of sp³-hybridized carbons (Fsp3) is 0.286. The van der Waals surface area contributed by atoms with Crippen molar-refractivity contribution in [2.75, 3.05) is 4.90 Å². The van der Waals surface area contributed by atoms with Crippen molar-refractivity contribution >= 4 is 33.8 Å². The summed E-state index contributed by atoms with van der Waals surface area (Å²) in [5, 5.41) is 14.0. The molecule has 0 N–H and O–H groups in total. The first-order valence-corrected chi connectivity index (χ1v) is 11.5. The van der Waals surface area contributed by atoms with E-state index in [0.717, 1.165) is 21.9 Å². The zero-order valence-corrected chi connectivity index (χ0v) is 19.5. The average molecular weight is 455 g/mol. The van der Waals surface area contributed by atoms with Crippen molar-refractivity contribution in [1.82, 2.24) is 0 Å². The second-order valence-corrected chi connectivity index (χ2v) is 10.1. The van der Waals surface area contributed by atoms with Gasteiger partial charge in [-0.2, -0.15) is 0 Å². The molecule has 0 aromatic heterocycles. The summed E-state index contributed by atoms with van der Waals surface area (Å²) in [6.45, 7) is 5.79. The van der Waals surface area contributed by atoms with Crippen molar-refractivity contribution in [3.8, 4) is 0 Å². The molecular formula is C28H26N2O4. The van der Waals surface area contributed by atoms with Crippen LogP contribution in [-0.4, -0.2) is 16.6 Å². The van der Waals surface area contributed by atoms with Crippen molar-refractivity contribution in [2.45, 2.75) is 46.0 Å². The van der Waals surface area contributed by atoms with E-state index in [1.807, 2.05) is 56.3 Å². The molecule has 172 valence electrons. The van der Waals surface area contributed by atoms with E-state index in [2.05, 4.69) is 0 Å². The number of carbonyl (C=O) groups excluding carboxylic acids is 2. The smallest absolute Gasteiger partial charge is 0.293 e. The van der Waals surface area contributed by atoms with Crippen molar-refractivity contribution in [3.63, 3.8) is 0 Å². The summed E-state index contributed by atoms with van der Waals surface area (Å²) in [4.78, 5) is 40.2. The Kier molecular flexibility index (Phi) is 5.12. The third-order valence-corrected chi connectivity index (χ3v) is 6.91. The van der Waals surface area contributed by atoms with Crippen LogP contribution in [0, 0.1) is 22.5 Å². The predicted octanol–water partition coefficient (Wildman–Crippen LogP) is 6.22. The molecule has 6 heteroatoms. The van der Waals surface area contributed by atoms with Gasteiger partial charge in [-0.25, -0.2) is 0 Å². The average Bonchev–Trinajstić information content (AvgIpc) is 2.77. The van der Waals surface area contributed by atoms with Crippen molar-refractivity contribution in [1.29, 1.82) is 0 Å². The molecule has 5 rings (SSSR count). The number of amides is 1. The van der Waals surface area contributed by atoms with Crippen LogP contribution in [0.5, 0.6) is 0 Å². The van der Waals surface area contributed by atoms with E-state index in [-0.39, 0.29) is 40.8 Å². The maximum absolute atomic E-state index is 13.7. The predicted molar refractivity (Wildman–Crippen MR) is 132 cm³/mol. The first-order valence-electron chi connectivity index (χ1n) is 11.5. The molecule has 1 heterocycles. The fourth-order valence-corrected chi connectivity index (χ4v) is 5.48. The minimum atomic E-state index is -0.456. The summed E-state index contributed by atoms with van der Waals surface area (Å²) >= 11 is 0. The number of ketones is 1. The van der Waals surface area contributed by atoms with E-state index in [4.69, 9.17) is 0 Å². The van der Waals surface area contributed by atoms with E-state index < -0.39 is 4.92 Å². The number of nitro groups is 1. The highest BCUT2D eigenvalue weighted by molar-refractivity contribution is 6.09. The first-order chi connectivity index (χ1) is 16.2. The molecule has 0 radical (unpaired) electrons. The van der Waals surface area contributed by atoms with Crippen LogP contribution in [0.25, 0.3) is 10.8 Å². The van der Waals surface area contributed by atoms with Gasteiger partial charge in [-0.3, -0.25) is 24.6 Å². The number of allylic oxidation sites excluding steroid dienone is 2. The lowest BCUT2D eigenvalue weighted by Crippen LogP contribution is -2.44. The Hall–Kier alpha value is -3.80. The molecule has 34 heavy (non-hydrogen) atoms. The van der Waals surface area contributed by atoms with Crippen LogP contribution in [0.3, 0.4) is 0 Å². The fourth-order valence-electron chi connectivity index (χ4n) is 5.48. The number of nitrogens with zero attached hydrogens (tertiary/aromatic N) is 2. The third-order valence-electron chi connectivity index (χ3n) is 6.91. The summed E-state index contributed by atoms with van der Waals surface area (Å²) in [5.74, 6) is -0.594. The monoisotopic (exact) mass is 454 g/mol. The molecule has 0 fully saturated rings. The Morgan fingerprint density at radius 2 is 1.74 bits per heavy atom. The molecule has 1 atom stereocenters. The van der Waals surface area contributed by atoms with Gasteiger partial charge in [0.1, 0.15) is 5.69 Å². The molecule has 6 nitrogen and oxygen atoms in total. The second-order valence-electron chi connectivity index (χ2n) is 10.1. The number of rotatable bonds is 3. The summed E-state index contributed by atoms with van der Waals surface area (Å²) in [7, 11) is 0. The Labute approximate surface area is 198 Å². The van der Waals surface area contributed by atoms with Crippen LogP contribution in [0.1, 0.15) is 50.2 Å². The van der Waals surface area contributed by atoms with Crippen molar-refractivity contribution in [2.24, 2.45) is 5.41 Å². The number of fused-ring (bicyclic) bond motifs is 1. The van der Waals surface area contributed by atoms with E-state index in [0.29, 0.717) is 24.1 Å². The Balaban J connectivity index is 1.77. The topological polar surface area (TPSA) is 80.5 Å². The number of carbonyl (C=O) groups is 2. The van der Waals surface area contributed by atoms with Crippen LogP contribution in [-0.2, 0) is 9.59 Å². The van der Waals surface area contributed by atoms with Gasteiger partial charge in [0.05, 0.1) is 4.92 Å². The van der Waals surface area contributed by atoms with Gasteiger partial charge in [0.25, 0.3) is 5.69 Å². The molecule has 2 aliphatic rings. The number of Topliss-reactive ketones (excluding diaryl/α,β-unsaturated/α-hetero) is 1. The molecule has 0 spiro atoms. The number of hydrogen-bond donors (Lipinski definition) is 0. The minimum Gasteiger partial charge on any atom is -0.294 e. The lowest BCUT2D eigenvalue weighted by Gasteiger charge is -2.42. The maximum Gasteiger partial charge on any atom is 0.293 e. The van der Waals surface area contributed by atoms with Gasteiger partial charge < -0.3 is 0 Å². The van der Waals surface area contributed by atoms with Crippen LogP contribution in [0.4, 0.5) is 11.4 Å². The van der Waals surface area contributed by atoms with Crippen LogP contribution < -0.4 is 4.90 Å². The number of nitro benzene ring substituents is 1. The third kappa shape index (κ3) is 3.59. The molecule has 1 amide bonds. The van der Waals surface area contributed by atoms with Gasteiger partial charge in [0, 0.05) is 36.1 Å². The summed E-state index contributed by atoms with van der Waals surface area (Å²) in [6.07, 6.45) is 0.960. The minimum absolute atomic E-state index is 0.0106. The number of hydrogen-bond acceptors (Lipinski definition) is 4. The van der Waals surface area contributed by atoms with Crippen LogP contribution in [0.2, 0.25) is 0 Å². The van der Waals surface area contributed by atoms with Crippen molar-refractivity contribution < 1.29 is 14.5 Å².